The molecule has 0 amide bonds. The van der Waals surface area contributed by atoms with Crippen molar-refractivity contribution < 1.29 is 9.53 Å². The summed E-state index contributed by atoms with van der Waals surface area (Å²) in [6.07, 6.45) is 5.07. The Morgan fingerprint density at radius 3 is 3.10 bits per heavy atom. The highest BCUT2D eigenvalue weighted by Gasteiger charge is 2.15. The second kappa shape index (κ2) is 3.00. The summed E-state index contributed by atoms with van der Waals surface area (Å²) in [5.74, 6) is -0.288. The molecule has 1 aliphatic heterocycles. The number of ether oxygens (including phenoxy) is 1. The minimum Gasteiger partial charge on any atom is -0.468 e. The van der Waals surface area contributed by atoms with Gasteiger partial charge in [-0.3, -0.25) is 0 Å². The minimum atomic E-state index is -0.288. The van der Waals surface area contributed by atoms with E-state index in [1.54, 1.807) is 18.5 Å². The second-order valence-corrected chi connectivity index (χ2v) is 1.78. The molecule has 0 N–H and O–H groups in total. The minimum absolute atomic E-state index is 0.184. The largest absolute Gasteiger partial charge is 0.468 e. The molecule has 0 aromatic heterocycles. The van der Waals surface area contributed by atoms with Gasteiger partial charge < -0.3 is 4.74 Å². The number of rotatable bonds is 2. The summed E-state index contributed by atoms with van der Waals surface area (Å²) in [7, 11) is 1.35. The highest BCUT2D eigenvalue weighted by Crippen LogP contribution is 1.88. The van der Waals surface area contributed by atoms with E-state index in [1.165, 1.54) is 12.1 Å². The van der Waals surface area contributed by atoms with Gasteiger partial charge in [-0.2, -0.15) is 0 Å². The molecule has 0 aromatic rings. The monoisotopic (exact) mass is 140 g/mol. The maximum atomic E-state index is 10.6. The molecule has 0 saturated heterocycles. The number of hydrazone groups is 1. The summed E-state index contributed by atoms with van der Waals surface area (Å²) in [6.45, 7) is 0.184. The highest BCUT2D eigenvalue weighted by atomic mass is 16.5. The maximum absolute atomic E-state index is 10.6. The van der Waals surface area contributed by atoms with Crippen molar-refractivity contribution in [2.24, 2.45) is 0 Å². The third kappa shape index (κ3) is 1.58. The number of nitrogens with zero attached hydrogens (tertiary/aromatic N) is 2. The zero-order valence-corrected chi connectivity index (χ0v) is 5.65. The van der Waals surface area contributed by atoms with Crippen LogP contribution < -0.4 is 5.10 Å². The van der Waals surface area contributed by atoms with Gasteiger partial charge in [-0.25, -0.2) is 4.79 Å². The standard InChI is InChI=1S/C6H8N2O2/c1-10-6(9)5-8-4-2-3-7-8/h2-4H,5H2,1H3/q+1. The van der Waals surface area contributed by atoms with Crippen molar-refractivity contribution in [2.45, 2.75) is 0 Å². The van der Waals surface area contributed by atoms with E-state index in [4.69, 9.17) is 0 Å². The average molecular weight is 140 g/mol. The number of esters is 1. The number of carbonyl (C=O) groups is 1. The zero-order valence-electron chi connectivity index (χ0n) is 5.65. The Morgan fingerprint density at radius 2 is 2.60 bits per heavy atom. The van der Waals surface area contributed by atoms with E-state index < -0.39 is 0 Å². The Hall–Kier alpha value is -1.32. The van der Waals surface area contributed by atoms with Gasteiger partial charge in [0, 0.05) is 6.08 Å². The molecule has 0 bridgehead atoms. The molecule has 1 radical (unpaired) electrons. The summed E-state index contributed by atoms with van der Waals surface area (Å²) >= 11 is 0. The fraction of sp³-hybridized carbons (Fsp3) is 0.333. The molecule has 10 heavy (non-hydrogen) atoms. The second-order valence-electron chi connectivity index (χ2n) is 1.78. The van der Waals surface area contributed by atoms with Gasteiger partial charge in [-0.05, 0) is 0 Å². The lowest BCUT2D eigenvalue weighted by molar-refractivity contribution is -0.141. The molecule has 0 atom stereocenters. The third-order valence-electron chi connectivity index (χ3n) is 1.08. The molecule has 1 aliphatic rings. The molecule has 0 aromatic carbocycles. The summed E-state index contributed by atoms with van der Waals surface area (Å²) < 4.78 is 4.42. The van der Waals surface area contributed by atoms with Gasteiger partial charge in [-0.1, -0.05) is 5.01 Å². The molecule has 0 fully saturated rings. The molecule has 0 spiro atoms. The topological polar surface area (TPSA) is 43.6 Å². The van der Waals surface area contributed by atoms with Crippen molar-refractivity contribution in [3.63, 3.8) is 0 Å². The van der Waals surface area contributed by atoms with E-state index in [0.29, 0.717) is 0 Å². The fourth-order valence-electron chi connectivity index (χ4n) is 0.591. The zero-order chi connectivity index (χ0) is 7.40. The number of methoxy groups -OCH3 is 1. The summed E-state index contributed by atoms with van der Waals surface area (Å²) in [5, 5.41) is 5.33. The van der Waals surface area contributed by atoms with Gasteiger partial charge in [0.05, 0.1) is 13.3 Å². The van der Waals surface area contributed by atoms with Gasteiger partial charge in [-0.15, -0.1) is 0 Å². The average Bonchev–Trinajstić information content (AvgIpc) is 2.40. The first-order chi connectivity index (χ1) is 4.83. The molecule has 1 rings (SSSR count). The predicted molar refractivity (Wildman–Crippen MR) is 36.1 cm³/mol. The normalized spacial score (nSPS) is 14.3. The quantitative estimate of drug-likeness (QED) is 0.477. The van der Waals surface area contributed by atoms with Crippen LogP contribution >= 0.6 is 0 Å². The van der Waals surface area contributed by atoms with E-state index in [1.807, 2.05) is 0 Å². The molecular formula is C6H8N2O2+. The summed E-state index contributed by atoms with van der Waals surface area (Å²) in [5.41, 5.74) is 0. The van der Waals surface area contributed by atoms with Crippen molar-refractivity contribution in [1.29, 1.82) is 0 Å². The van der Waals surface area contributed by atoms with Crippen LogP contribution in [0.1, 0.15) is 0 Å². The predicted octanol–water partition coefficient (Wildman–Crippen LogP) is -0.690. The first kappa shape index (κ1) is 6.80. The van der Waals surface area contributed by atoms with Crippen LogP contribution in [0.5, 0.6) is 0 Å². The van der Waals surface area contributed by atoms with Crippen molar-refractivity contribution in [2.75, 3.05) is 13.7 Å². The highest BCUT2D eigenvalue weighted by molar-refractivity contribution is 5.74. The maximum Gasteiger partial charge on any atom is 0.331 e. The Balaban J connectivity index is 2.32. The smallest absolute Gasteiger partial charge is 0.331 e. The lowest BCUT2D eigenvalue weighted by atomic mass is 10.6. The molecule has 0 saturated carbocycles. The Labute approximate surface area is 58.8 Å². The first-order valence-electron chi connectivity index (χ1n) is 2.87. The molecule has 0 aliphatic carbocycles. The SMILES string of the molecule is COC(=O)CN1C=CC=[N+]1. The van der Waals surface area contributed by atoms with Gasteiger partial charge in [0.25, 0.3) is 6.21 Å². The molecule has 53 valence electrons. The summed E-state index contributed by atoms with van der Waals surface area (Å²) in [6, 6.07) is 0. The Bertz CT molecular complexity index is 174. The number of allylic oxidation sites excluding steroid dienone is 1. The van der Waals surface area contributed by atoms with Crippen LogP contribution in [0.2, 0.25) is 0 Å². The van der Waals surface area contributed by atoms with E-state index in [-0.39, 0.29) is 12.5 Å². The van der Waals surface area contributed by atoms with E-state index in [0.717, 1.165) is 0 Å². The Kier molecular flexibility index (Phi) is 2.04. The van der Waals surface area contributed by atoms with Crippen molar-refractivity contribution in [3.05, 3.63) is 12.3 Å². The van der Waals surface area contributed by atoms with Gasteiger partial charge in [0.1, 0.15) is 0 Å². The van der Waals surface area contributed by atoms with Crippen molar-refractivity contribution in [3.8, 4) is 0 Å². The van der Waals surface area contributed by atoms with Crippen LogP contribution in [-0.4, -0.2) is 30.8 Å². The van der Waals surface area contributed by atoms with Gasteiger partial charge in [0.15, 0.2) is 11.6 Å². The van der Waals surface area contributed by atoms with Crippen LogP contribution in [-0.2, 0) is 9.53 Å². The molecular weight excluding hydrogens is 132 g/mol. The lowest BCUT2D eigenvalue weighted by Gasteiger charge is -1.97. The number of carbonyl (C=O) groups excluding carboxylic acids is 1. The van der Waals surface area contributed by atoms with Crippen LogP contribution in [0.4, 0.5) is 0 Å². The first-order valence-corrected chi connectivity index (χ1v) is 2.87. The van der Waals surface area contributed by atoms with E-state index in [2.05, 4.69) is 9.84 Å². The fourth-order valence-corrected chi connectivity index (χ4v) is 0.591. The lowest BCUT2D eigenvalue weighted by Crippen LogP contribution is -2.25. The Morgan fingerprint density at radius 1 is 1.80 bits per heavy atom. The summed E-state index contributed by atoms with van der Waals surface area (Å²) in [4.78, 5) is 10.6. The van der Waals surface area contributed by atoms with E-state index >= 15 is 0 Å². The van der Waals surface area contributed by atoms with Crippen molar-refractivity contribution in [1.82, 2.24) is 10.1 Å². The van der Waals surface area contributed by atoms with Crippen LogP contribution in [0.15, 0.2) is 12.3 Å². The number of hydrogen-bond acceptors (Lipinski definition) is 4. The van der Waals surface area contributed by atoms with Crippen LogP contribution in [0.25, 0.3) is 0 Å². The van der Waals surface area contributed by atoms with Crippen LogP contribution in [0, 0.1) is 0 Å². The number of hydrogen-bond donors (Lipinski definition) is 0. The van der Waals surface area contributed by atoms with Crippen molar-refractivity contribution >= 4 is 12.2 Å². The van der Waals surface area contributed by atoms with Gasteiger partial charge >= 0.3 is 5.97 Å². The molecule has 0 unspecified atom stereocenters. The third-order valence-corrected chi connectivity index (χ3v) is 1.08. The van der Waals surface area contributed by atoms with E-state index in [9.17, 15) is 4.79 Å². The molecule has 4 nitrogen and oxygen atoms in total. The van der Waals surface area contributed by atoms with Crippen LogP contribution in [0.3, 0.4) is 0 Å². The molecule has 4 heteroatoms. The van der Waals surface area contributed by atoms with Gasteiger partial charge in [0.2, 0.25) is 0 Å². The molecule has 1 heterocycles.